The molecule has 2 rings (SSSR count). The summed E-state index contributed by atoms with van der Waals surface area (Å²) in [5.41, 5.74) is 0.518. The summed E-state index contributed by atoms with van der Waals surface area (Å²) in [4.78, 5) is 4.05. The van der Waals surface area contributed by atoms with E-state index in [1.807, 2.05) is 22.6 Å². The van der Waals surface area contributed by atoms with Crippen molar-refractivity contribution in [2.75, 3.05) is 0 Å². The molecule has 90 valence electrons. The highest BCUT2D eigenvalue weighted by molar-refractivity contribution is 14.1. The standard InChI is InChI=1S/C10H4ClF3INO/c11-9-6-3-5(17-10(12,13)14)1-2-8(6)16-4-7(9)15/h1-4H. The molecular weight excluding hydrogens is 369 g/mol. The molecule has 0 spiro atoms. The third-order valence-corrected chi connectivity index (χ3v) is 3.51. The maximum absolute atomic E-state index is 12.0. The first-order chi connectivity index (χ1) is 7.87. The summed E-state index contributed by atoms with van der Waals surface area (Å²) in [5, 5.41) is 0.795. The average Bonchev–Trinajstić information content (AvgIpc) is 2.22. The quantitative estimate of drug-likeness (QED) is 0.692. The Hall–Kier alpha value is -0.760. The molecule has 0 N–H and O–H groups in total. The van der Waals surface area contributed by atoms with E-state index < -0.39 is 6.36 Å². The van der Waals surface area contributed by atoms with Crippen LogP contribution in [0.3, 0.4) is 0 Å². The van der Waals surface area contributed by atoms with Crippen molar-refractivity contribution in [1.82, 2.24) is 4.98 Å². The van der Waals surface area contributed by atoms with Crippen LogP contribution < -0.4 is 4.74 Å². The molecule has 0 saturated heterocycles. The molecule has 0 atom stereocenters. The fourth-order valence-electron chi connectivity index (χ4n) is 1.31. The second kappa shape index (κ2) is 4.49. The zero-order valence-electron chi connectivity index (χ0n) is 8.05. The zero-order chi connectivity index (χ0) is 12.6. The highest BCUT2D eigenvalue weighted by Crippen LogP contribution is 2.31. The lowest BCUT2D eigenvalue weighted by atomic mass is 10.2. The highest BCUT2D eigenvalue weighted by atomic mass is 127. The van der Waals surface area contributed by atoms with Gasteiger partial charge in [-0.2, -0.15) is 0 Å². The molecule has 7 heteroatoms. The van der Waals surface area contributed by atoms with Crippen LogP contribution in [0.15, 0.2) is 24.4 Å². The summed E-state index contributed by atoms with van der Waals surface area (Å²) in [7, 11) is 0. The van der Waals surface area contributed by atoms with E-state index in [1.54, 1.807) is 6.20 Å². The van der Waals surface area contributed by atoms with Crippen LogP contribution in [0, 0.1) is 3.57 Å². The minimum Gasteiger partial charge on any atom is -0.406 e. The van der Waals surface area contributed by atoms with Crippen molar-refractivity contribution in [1.29, 1.82) is 0 Å². The van der Waals surface area contributed by atoms with Crippen LogP contribution in [-0.2, 0) is 0 Å². The fourth-order valence-corrected chi connectivity index (χ4v) is 1.94. The molecule has 1 heterocycles. The molecule has 0 aliphatic carbocycles. The summed E-state index contributed by atoms with van der Waals surface area (Å²) < 4.78 is 40.6. The Morgan fingerprint density at radius 1 is 1.29 bits per heavy atom. The number of pyridine rings is 1. The number of hydrogen-bond acceptors (Lipinski definition) is 2. The first-order valence-electron chi connectivity index (χ1n) is 4.36. The number of hydrogen-bond donors (Lipinski definition) is 0. The maximum Gasteiger partial charge on any atom is 0.573 e. The van der Waals surface area contributed by atoms with Crippen LogP contribution in [0.4, 0.5) is 13.2 Å². The Kier molecular flexibility index (Phi) is 3.35. The summed E-state index contributed by atoms with van der Waals surface area (Å²) in [6.45, 7) is 0. The predicted octanol–water partition coefficient (Wildman–Crippen LogP) is 4.39. The van der Waals surface area contributed by atoms with Crippen molar-refractivity contribution in [3.63, 3.8) is 0 Å². The molecule has 17 heavy (non-hydrogen) atoms. The molecular formula is C10H4ClF3INO. The third-order valence-electron chi connectivity index (χ3n) is 1.96. The molecule has 1 aromatic heterocycles. The van der Waals surface area contributed by atoms with Crippen molar-refractivity contribution >= 4 is 45.1 Å². The number of benzene rings is 1. The van der Waals surface area contributed by atoms with E-state index in [0.29, 0.717) is 19.5 Å². The highest BCUT2D eigenvalue weighted by Gasteiger charge is 2.31. The Morgan fingerprint density at radius 3 is 2.65 bits per heavy atom. The molecule has 0 bridgehead atoms. The largest absolute Gasteiger partial charge is 0.573 e. The van der Waals surface area contributed by atoms with E-state index in [-0.39, 0.29) is 5.75 Å². The molecule has 0 unspecified atom stereocenters. The van der Waals surface area contributed by atoms with Gasteiger partial charge in [0.05, 0.1) is 14.1 Å². The summed E-state index contributed by atoms with van der Waals surface area (Å²) in [6.07, 6.45) is -3.16. The Labute approximate surface area is 113 Å². The van der Waals surface area contributed by atoms with Gasteiger partial charge >= 0.3 is 6.36 Å². The smallest absolute Gasteiger partial charge is 0.406 e. The Morgan fingerprint density at radius 2 is 2.00 bits per heavy atom. The third kappa shape index (κ3) is 2.92. The van der Waals surface area contributed by atoms with Crippen molar-refractivity contribution < 1.29 is 17.9 Å². The fraction of sp³-hybridized carbons (Fsp3) is 0.100. The topological polar surface area (TPSA) is 22.1 Å². The molecule has 1 aromatic carbocycles. The van der Waals surface area contributed by atoms with Gasteiger partial charge in [-0.3, -0.25) is 4.98 Å². The SMILES string of the molecule is FC(F)(F)Oc1ccc2ncc(I)c(Cl)c2c1. The lowest BCUT2D eigenvalue weighted by molar-refractivity contribution is -0.274. The minimum atomic E-state index is -4.71. The van der Waals surface area contributed by atoms with E-state index >= 15 is 0 Å². The Bertz CT molecular complexity index is 573. The van der Waals surface area contributed by atoms with Crippen LogP contribution in [0.25, 0.3) is 10.9 Å². The zero-order valence-corrected chi connectivity index (χ0v) is 11.0. The summed E-state index contributed by atoms with van der Waals surface area (Å²) in [5.74, 6) is -0.310. The maximum atomic E-state index is 12.0. The van der Waals surface area contributed by atoms with Gasteiger partial charge in [-0.1, -0.05) is 11.6 Å². The number of aromatic nitrogens is 1. The second-order valence-electron chi connectivity index (χ2n) is 3.15. The van der Waals surface area contributed by atoms with E-state index in [9.17, 15) is 13.2 Å². The lowest BCUT2D eigenvalue weighted by Gasteiger charge is -2.10. The van der Waals surface area contributed by atoms with Crippen LogP contribution >= 0.6 is 34.2 Å². The molecule has 0 fully saturated rings. The molecule has 0 amide bonds. The first-order valence-corrected chi connectivity index (χ1v) is 5.82. The van der Waals surface area contributed by atoms with Gasteiger partial charge in [-0.15, -0.1) is 13.2 Å². The van der Waals surface area contributed by atoms with Gasteiger partial charge in [0.1, 0.15) is 5.75 Å². The van der Waals surface area contributed by atoms with Gasteiger partial charge in [-0.05, 0) is 40.8 Å². The molecule has 0 aliphatic heterocycles. The van der Waals surface area contributed by atoms with Crippen LogP contribution in [0.1, 0.15) is 0 Å². The van der Waals surface area contributed by atoms with Crippen LogP contribution in [0.5, 0.6) is 5.75 Å². The number of rotatable bonds is 1. The van der Waals surface area contributed by atoms with E-state index in [0.717, 1.165) is 0 Å². The Balaban J connectivity index is 2.53. The van der Waals surface area contributed by atoms with Crippen LogP contribution in [0.2, 0.25) is 5.02 Å². The lowest BCUT2D eigenvalue weighted by Crippen LogP contribution is -2.17. The van der Waals surface area contributed by atoms with Gasteiger partial charge < -0.3 is 4.74 Å². The van der Waals surface area contributed by atoms with Gasteiger partial charge in [0.15, 0.2) is 0 Å². The van der Waals surface area contributed by atoms with Gasteiger partial charge in [0.2, 0.25) is 0 Å². The predicted molar refractivity (Wildman–Crippen MR) is 66.2 cm³/mol. The van der Waals surface area contributed by atoms with Gasteiger partial charge in [-0.25, -0.2) is 0 Å². The molecule has 2 aromatic rings. The second-order valence-corrected chi connectivity index (χ2v) is 4.69. The van der Waals surface area contributed by atoms with Crippen molar-refractivity contribution in [2.45, 2.75) is 6.36 Å². The number of nitrogens with zero attached hydrogens (tertiary/aromatic N) is 1. The van der Waals surface area contributed by atoms with Gasteiger partial charge in [0.25, 0.3) is 0 Å². The van der Waals surface area contributed by atoms with Crippen molar-refractivity contribution in [2.24, 2.45) is 0 Å². The van der Waals surface area contributed by atoms with E-state index in [2.05, 4.69) is 9.72 Å². The van der Waals surface area contributed by atoms with Gasteiger partial charge in [0, 0.05) is 11.6 Å². The normalized spacial score (nSPS) is 11.8. The van der Waals surface area contributed by atoms with E-state index in [1.165, 1.54) is 18.2 Å². The van der Waals surface area contributed by atoms with Crippen LogP contribution in [-0.4, -0.2) is 11.3 Å². The minimum absolute atomic E-state index is 0.310. The number of alkyl halides is 3. The summed E-state index contributed by atoms with van der Waals surface area (Å²) in [6, 6.07) is 3.85. The number of ether oxygens (including phenoxy) is 1. The van der Waals surface area contributed by atoms with Crippen molar-refractivity contribution in [3.05, 3.63) is 33.0 Å². The molecule has 2 nitrogen and oxygen atoms in total. The molecule has 0 radical (unpaired) electrons. The number of fused-ring (bicyclic) bond motifs is 1. The monoisotopic (exact) mass is 373 g/mol. The first kappa shape index (κ1) is 12.7. The van der Waals surface area contributed by atoms with Crippen molar-refractivity contribution in [3.8, 4) is 5.75 Å². The number of halogens is 5. The van der Waals surface area contributed by atoms with E-state index in [4.69, 9.17) is 11.6 Å². The molecule has 0 aliphatic rings. The average molecular weight is 373 g/mol. The molecule has 0 saturated carbocycles. The summed E-state index contributed by atoms with van der Waals surface area (Å²) >= 11 is 7.94.